The van der Waals surface area contributed by atoms with E-state index in [1.165, 1.54) is 0 Å². The zero-order valence-corrected chi connectivity index (χ0v) is 17.9. The van der Waals surface area contributed by atoms with Gasteiger partial charge >= 0.3 is 0 Å². The van der Waals surface area contributed by atoms with E-state index in [0.717, 1.165) is 11.1 Å². The molecule has 1 aromatic heterocycles. The zero-order chi connectivity index (χ0) is 21.5. The van der Waals surface area contributed by atoms with Crippen LogP contribution in [0.25, 0.3) is 0 Å². The monoisotopic (exact) mass is 445 g/mol. The quantitative estimate of drug-likeness (QED) is 0.514. The third-order valence-electron chi connectivity index (χ3n) is 4.39. The van der Waals surface area contributed by atoms with E-state index in [4.69, 9.17) is 27.9 Å². The van der Waals surface area contributed by atoms with Crippen molar-refractivity contribution in [1.29, 1.82) is 0 Å². The first kappa shape index (κ1) is 21.9. The minimum Gasteiger partial charge on any atom is -0.484 e. The predicted octanol–water partition coefficient (Wildman–Crippen LogP) is 4.78. The maximum absolute atomic E-state index is 12.3. The molecule has 0 aliphatic rings. The molecule has 0 bridgehead atoms. The Morgan fingerprint density at radius 3 is 2.60 bits per heavy atom. The molecule has 1 heterocycles. The van der Waals surface area contributed by atoms with Gasteiger partial charge in [-0.1, -0.05) is 47.5 Å². The number of ketones is 1. The molecule has 0 saturated carbocycles. The Balaban J connectivity index is 1.54. The highest BCUT2D eigenvalue weighted by molar-refractivity contribution is 6.42. The molecule has 6 nitrogen and oxygen atoms in total. The minimum absolute atomic E-state index is 0.143. The molecule has 0 saturated heterocycles. The lowest BCUT2D eigenvalue weighted by atomic mass is 10.1. The number of carbonyl (C=O) groups is 2. The van der Waals surface area contributed by atoms with Gasteiger partial charge in [0.25, 0.3) is 5.91 Å². The van der Waals surface area contributed by atoms with Gasteiger partial charge in [-0.15, -0.1) is 0 Å². The third kappa shape index (κ3) is 6.08. The number of aryl methyl sites for hydroxylation is 1. The van der Waals surface area contributed by atoms with Gasteiger partial charge in [0.1, 0.15) is 17.4 Å². The number of benzene rings is 2. The Hall–Kier alpha value is -2.83. The number of nitrogens with one attached hydrogen (secondary N) is 1. The number of hydrogen-bond acceptors (Lipinski definition) is 4. The van der Waals surface area contributed by atoms with Gasteiger partial charge in [0.15, 0.2) is 6.61 Å². The second kappa shape index (κ2) is 10.3. The van der Waals surface area contributed by atoms with Crippen LogP contribution in [0.4, 0.5) is 5.82 Å². The number of hydrogen-bond donors (Lipinski definition) is 1. The number of amides is 1. The largest absolute Gasteiger partial charge is 0.484 e. The smallest absolute Gasteiger partial charge is 0.263 e. The van der Waals surface area contributed by atoms with Crippen LogP contribution < -0.4 is 10.1 Å². The number of nitrogens with zero attached hydrogens (tertiary/aromatic N) is 2. The van der Waals surface area contributed by atoms with Crippen molar-refractivity contribution in [1.82, 2.24) is 9.78 Å². The second-order valence-corrected chi connectivity index (χ2v) is 7.56. The molecule has 156 valence electrons. The molecule has 0 spiro atoms. The van der Waals surface area contributed by atoms with E-state index in [1.807, 2.05) is 24.3 Å². The number of aromatic nitrogens is 2. The summed E-state index contributed by atoms with van der Waals surface area (Å²) in [5.74, 6) is 0.952. The highest BCUT2D eigenvalue weighted by atomic mass is 35.5. The summed E-state index contributed by atoms with van der Waals surface area (Å²) in [6, 6.07) is 14.4. The first-order valence-electron chi connectivity index (χ1n) is 9.38. The Bertz CT molecular complexity index is 1030. The molecule has 1 N–H and O–H groups in total. The molecule has 2 aromatic carbocycles. The van der Waals surface area contributed by atoms with Crippen molar-refractivity contribution in [3.8, 4) is 5.75 Å². The fraction of sp³-hybridized carbons (Fsp3) is 0.227. The van der Waals surface area contributed by atoms with Crippen LogP contribution in [0.1, 0.15) is 24.5 Å². The lowest BCUT2D eigenvalue weighted by molar-refractivity contribution is -0.118. The summed E-state index contributed by atoms with van der Waals surface area (Å²) in [4.78, 5) is 23.4. The summed E-state index contributed by atoms with van der Waals surface area (Å²) in [6.45, 7) is 1.80. The molecule has 0 unspecified atom stereocenters. The van der Waals surface area contributed by atoms with Crippen molar-refractivity contribution in [3.05, 3.63) is 75.9 Å². The van der Waals surface area contributed by atoms with Crippen LogP contribution in [0, 0.1) is 0 Å². The van der Waals surface area contributed by atoms with E-state index in [2.05, 4.69) is 10.4 Å². The average Bonchev–Trinajstić information content (AvgIpc) is 3.15. The standard InChI is InChI=1S/C22H21Cl2N3O3/c1-15(28)5-6-16-7-9-18(10-8-16)30-14-21(29)26-20-11-12-25-27(20)13-17-3-2-4-19(23)22(17)24/h2-4,7-12H,5-6,13-14H2,1H3,(H,26,29). The van der Waals surface area contributed by atoms with Crippen LogP contribution in [0.15, 0.2) is 54.7 Å². The van der Waals surface area contributed by atoms with E-state index < -0.39 is 0 Å². The first-order valence-corrected chi connectivity index (χ1v) is 10.1. The number of ether oxygens (including phenoxy) is 1. The molecule has 0 fully saturated rings. The lowest BCUT2D eigenvalue weighted by Gasteiger charge is -2.11. The number of halogens is 2. The van der Waals surface area contributed by atoms with Gasteiger partial charge in [0.2, 0.25) is 0 Å². The average molecular weight is 446 g/mol. The lowest BCUT2D eigenvalue weighted by Crippen LogP contribution is -2.22. The molecule has 0 aliphatic heterocycles. The Morgan fingerprint density at radius 1 is 1.10 bits per heavy atom. The molecule has 3 rings (SSSR count). The third-order valence-corrected chi connectivity index (χ3v) is 5.25. The summed E-state index contributed by atoms with van der Waals surface area (Å²) < 4.78 is 7.17. The van der Waals surface area contributed by atoms with Crippen molar-refractivity contribution in [2.24, 2.45) is 0 Å². The maximum Gasteiger partial charge on any atom is 0.263 e. The maximum atomic E-state index is 12.3. The molecular weight excluding hydrogens is 425 g/mol. The van der Waals surface area contributed by atoms with E-state index in [1.54, 1.807) is 42.1 Å². The van der Waals surface area contributed by atoms with Crippen LogP contribution in [0.3, 0.4) is 0 Å². The summed E-state index contributed by atoms with van der Waals surface area (Å²) in [5, 5.41) is 7.94. The molecular formula is C22H21Cl2N3O3. The minimum atomic E-state index is -0.311. The Morgan fingerprint density at radius 2 is 1.87 bits per heavy atom. The van der Waals surface area contributed by atoms with E-state index in [9.17, 15) is 9.59 Å². The van der Waals surface area contributed by atoms with E-state index >= 15 is 0 Å². The van der Waals surface area contributed by atoms with Crippen LogP contribution in [0.5, 0.6) is 5.75 Å². The molecule has 0 aliphatic carbocycles. The van der Waals surface area contributed by atoms with Crippen molar-refractivity contribution in [3.63, 3.8) is 0 Å². The van der Waals surface area contributed by atoms with Gasteiger partial charge < -0.3 is 14.8 Å². The Kier molecular flexibility index (Phi) is 7.49. The van der Waals surface area contributed by atoms with Crippen LogP contribution >= 0.6 is 23.2 Å². The normalized spacial score (nSPS) is 10.6. The summed E-state index contributed by atoms with van der Waals surface area (Å²) in [5.41, 5.74) is 1.84. The van der Waals surface area contributed by atoms with E-state index in [-0.39, 0.29) is 18.3 Å². The van der Waals surface area contributed by atoms with Crippen LogP contribution in [-0.2, 0) is 22.6 Å². The molecule has 3 aromatic rings. The first-order chi connectivity index (χ1) is 14.4. The topological polar surface area (TPSA) is 73.2 Å². The SMILES string of the molecule is CC(=O)CCc1ccc(OCC(=O)Nc2ccnn2Cc2cccc(Cl)c2Cl)cc1. The van der Waals surface area contributed by atoms with Gasteiger partial charge in [-0.25, -0.2) is 4.68 Å². The predicted molar refractivity (Wildman–Crippen MR) is 117 cm³/mol. The zero-order valence-electron chi connectivity index (χ0n) is 16.4. The summed E-state index contributed by atoms with van der Waals surface area (Å²) in [7, 11) is 0. The number of Topliss-reactive ketones (excluding diaryl/α,β-unsaturated/α-hetero) is 1. The Labute approximate surface area is 184 Å². The number of rotatable bonds is 9. The summed E-state index contributed by atoms with van der Waals surface area (Å²) in [6.07, 6.45) is 2.79. The molecule has 8 heteroatoms. The van der Waals surface area contributed by atoms with Crippen molar-refractivity contribution < 1.29 is 14.3 Å². The number of anilines is 1. The van der Waals surface area contributed by atoms with Crippen LogP contribution in [-0.4, -0.2) is 28.1 Å². The van der Waals surface area contributed by atoms with Gasteiger partial charge in [-0.05, 0) is 42.7 Å². The molecule has 1 amide bonds. The summed E-state index contributed by atoms with van der Waals surface area (Å²) >= 11 is 12.3. The fourth-order valence-corrected chi connectivity index (χ4v) is 3.18. The van der Waals surface area contributed by atoms with Crippen molar-refractivity contribution >= 4 is 40.7 Å². The second-order valence-electron chi connectivity index (χ2n) is 6.77. The van der Waals surface area contributed by atoms with Gasteiger partial charge in [0, 0.05) is 12.5 Å². The van der Waals surface area contributed by atoms with E-state index in [0.29, 0.717) is 41.0 Å². The van der Waals surface area contributed by atoms with Gasteiger partial charge in [-0.2, -0.15) is 5.10 Å². The van der Waals surface area contributed by atoms with Crippen LogP contribution in [0.2, 0.25) is 10.0 Å². The number of carbonyl (C=O) groups excluding carboxylic acids is 2. The highest BCUT2D eigenvalue weighted by Gasteiger charge is 2.11. The molecule has 0 atom stereocenters. The molecule has 30 heavy (non-hydrogen) atoms. The van der Waals surface area contributed by atoms with Crippen molar-refractivity contribution in [2.45, 2.75) is 26.3 Å². The molecule has 0 radical (unpaired) electrons. The highest BCUT2D eigenvalue weighted by Crippen LogP contribution is 2.26. The van der Waals surface area contributed by atoms with Gasteiger partial charge in [-0.3, -0.25) is 4.79 Å². The fourth-order valence-electron chi connectivity index (χ4n) is 2.80. The van der Waals surface area contributed by atoms with Gasteiger partial charge in [0.05, 0.1) is 22.8 Å². The van der Waals surface area contributed by atoms with Crippen molar-refractivity contribution in [2.75, 3.05) is 11.9 Å².